The first-order chi connectivity index (χ1) is 13.4. The molecule has 0 N–H and O–H groups in total. The van der Waals surface area contributed by atoms with E-state index >= 15 is 0 Å². The van der Waals surface area contributed by atoms with Crippen LogP contribution < -0.4 is 0 Å². The molecule has 6 nitrogen and oxygen atoms in total. The average molecular weight is 410 g/mol. The Balaban J connectivity index is 1.76. The van der Waals surface area contributed by atoms with Gasteiger partial charge in [0, 0.05) is 38.9 Å². The molecular weight excluding hydrogens is 381 g/mol. The lowest BCUT2D eigenvalue weighted by atomic mass is 9.96. The molecule has 1 fully saturated rings. The van der Waals surface area contributed by atoms with Crippen LogP contribution in [-0.4, -0.2) is 48.1 Å². The summed E-state index contributed by atoms with van der Waals surface area (Å²) in [5.74, 6) is -0.443. The molecular formula is C20H28FN3O3S. The summed E-state index contributed by atoms with van der Waals surface area (Å²) in [5, 5.41) is 0.0384. The van der Waals surface area contributed by atoms with Crippen molar-refractivity contribution in [2.75, 3.05) is 19.7 Å². The molecule has 1 saturated heterocycles. The molecule has 0 aliphatic carbocycles. The van der Waals surface area contributed by atoms with Crippen LogP contribution in [0.25, 0.3) is 0 Å². The fourth-order valence-corrected chi connectivity index (χ4v) is 5.00. The number of ether oxygens (including phenoxy) is 1. The van der Waals surface area contributed by atoms with Crippen LogP contribution in [0.1, 0.15) is 44.1 Å². The SMILES string of the molecule is CCCCCCO[C@@H]1CN(S(=O)(=O)c2cn(C)cn2)C[C@H]1c1ccc(F)cc1. The van der Waals surface area contributed by atoms with Crippen LogP contribution >= 0.6 is 0 Å². The molecule has 154 valence electrons. The van der Waals surface area contributed by atoms with Crippen molar-refractivity contribution in [3.8, 4) is 0 Å². The largest absolute Gasteiger partial charge is 0.376 e. The number of hydrogen-bond donors (Lipinski definition) is 0. The number of rotatable bonds is 9. The predicted octanol–water partition coefficient (Wildman–Crippen LogP) is 3.31. The summed E-state index contributed by atoms with van der Waals surface area (Å²) >= 11 is 0. The molecule has 0 spiro atoms. The Labute approximate surface area is 166 Å². The summed E-state index contributed by atoms with van der Waals surface area (Å²) in [4.78, 5) is 4.01. The van der Waals surface area contributed by atoms with Gasteiger partial charge in [0.1, 0.15) is 5.82 Å². The number of aryl methyl sites for hydroxylation is 1. The summed E-state index contributed by atoms with van der Waals surface area (Å²) in [6, 6.07) is 6.24. The molecule has 1 aromatic heterocycles. The highest BCUT2D eigenvalue weighted by atomic mass is 32.2. The minimum Gasteiger partial charge on any atom is -0.376 e. The number of imidazole rings is 1. The van der Waals surface area contributed by atoms with Crippen molar-refractivity contribution < 1.29 is 17.5 Å². The third kappa shape index (κ3) is 4.79. The molecule has 3 rings (SSSR count). The number of benzene rings is 1. The second-order valence-corrected chi connectivity index (χ2v) is 9.21. The van der Waals surface area contributed by atoms with Gasteiger partial charge in [0.15, 0.2) is 5.03 Å². The number of hydrogen-bond acceptors (Lipinski definition) is 4. The minimum absolute atomic E-state index is 0.0384. The van der Waals surface area contributed by atoms with Crippen molar-refractivity contribution in [2.24, 2.45) is 7.05 Å². The van der Waals surface area contributed by atoms with Gasteiger partial charge in [-0.1, -0.05) is 38.3 Å². The van der Waals surface area contributed by atoms with E-state index in [2.05, 4.69) is 11.9 Å². The van der Waals surface area contributed by atoms with E-state index < -0.39 is 10.0 Å². The second kappa shape index (κ2) is 9.15. The van der Waals surface area contributed by atoms with Gasteiger partial charge in [0.25, 0.3) is 10.0 Å². The first-order valence-corrected chi connectivity index (χ1v) is 11.2. The van der Waals surface area contributed by atoms with E-state index in [1.807, 2.05) is 0 Å². The Morgan fingerprint density at radius 3 is 2.57 bits per heavy atom. The van der Waals surface area contributed by atoms with Crippen LogP contribution in [0.3, 0.4) is 0 Å². The number of halogens is 1. The van der Waals surface area contributed by atoms with Crippen molar-refractivity contribution in [1.29, 1.82) is 0 Å². The van der Waals surface area contributed by atoms with Crippen LogP contribution in [0.2, 0.25) is 0 Å². The quantitative estimate of drug-likeness (QED) is 0.596. The van der Waals surface area contributed by atoms with Gasteiger partial charge in [-0.05, 0) is 24.1 Å². The highest BCUT2D eigenvalue weighted by Gasteiger charge is 2.41. The van der Waals surface area contributed by atoms with Gasteiger partial charge in [-0.25, -0.2) is 17.8 Å². The van der Waals surface area contributed by atoms with Crippen molar-refractivity contribution in [1.82, 2.24) is 13.9 Å². The lowest BCUT2D eigenvalue weighted by Gasteiger charge is -2.19. The number of nitrogens with zero attached hydrogens (tertiary/aromatic N) is 3. The highest BCUT2D eigenvalue weighted by molar-refractivity contribution is 7.89. The van der Waals surface area contributed by atoms with Crippen molar-refractivity contribution in [3.05, 3.63) is 48.2 Å². The monoisotopic (exact) mass is 409 g/mol. The lowest BCUT2D eigenvalue weighted by Crippen LogP contribution is -2.30. The zero-order valence-electron chi connectivity index (χ0n) is 16.4. The van der Waals surface area contributed by atoms with Gasteiger partial charge in [-0.3, -0.25) is 0 Å². The molecule has 2 aromatic rings. The minimum atomic E-state index is -3.69. The molecule has 0 saturated carbocycles. The average Bonchev–Trinajstić information content (AvgIpc) is 3.30. The van der Waals surface area contributed by atoms with Gasteiger partial charge >= 0.3 is 0 Å². The molecule has 8 heteroatoms. The summed E-state index contributed by atoms with van der Waals surface area (Å²) in [5.41, 5.74) is 0.888. The molecule has 28 heavy (non-hydrogen) atoms. The van der Waals surface area contributed by atoms with Crippen LogP contribution in [0, 0.1) is 5.82 Å². The molecule has 2 heterocycles. The smallest absolute Gasteiger partial charge is 0.262 e. The maximum atomic E-state index is 13.3. The van der Waals surface area contributed by atoms with Crippen LogP contribution in [0.5, 0.6) is 0 Å². The zero-order chi connectivity index (χ0) is 20.1. The van der Waals surface area contributed by atoms with E-state index in [4.69, 9.17) is 4.74 Å². The normalized spacial score (nSPS) is 20.7. The molecule has 1 aliphatic heterocycles. The standard InChI is InChI=1S/C20H28FN3O3S/c1-3-4-5-6-11-27-19-13-24(28(25,26)20-14-23(2)15-22-20)12-18(19)16-7-9-17(21)10-8-16/h7-10,14-15,18-19H,3-6,11-13H2,1-2H3/t18-,19+/m0/s1. The molecule has 1 aliphatic rings. The van der Waals surface area contributed by atoms with E-state index in [1.54, 1.807) is 23.7 Å². The molecule has 0 unspecified atom stereocenters. The van der Waals surface area contributed by atoms with E-state index in [0.717, 1.165) is 31.2 Å². The molecule has 0 bridgehead atoms. The van der Waals surface area contributed by atoms with E-state index in [0.29, 0.717) is 13.2 Å². The van der Waals surface area contributed by atoms with Gasteiger partial charge in [0.2, 0.25) is 0 Å². The van der Waals surface area contributed by atoms with Gasteiger partial charge in [0.05, 0.1) is 12.4 Å². The van der Waals surface area contributed by atoms with Crippen molar-refractivity contribution in [2.45, 2.75) is 49.7 Å². The maximum Gasteiger partial charge on any atom is 0.262 e. The first kappa shape index (κ1) is 21.0. The van der Waals surface area contributed by atoms with Gasteiger partial charge in [-0.15, -0.1) is 0 Å². The maximum absolute atomic E-state index is 13.3. The molecule has 0 amide bonds. The molecule has 1 aromatic carbocycles. The van der Waals surface area contributed by atoms with Gasteiger partial charge < -0.3 is 9.30 Å². The predicted molar refractivity (Wildman–Crippen MR) is 105 cm³/mol. The second-order valence-electron chi connectivity index (χ2n) is 7.33. The highest BCUT2D eigenvalue weighted by Crippen LogP contribution is 2.33. The Hall–Kier alpha value is -1.77. The lowest BCUT2D eigenvalue weighted by molar-refractivity contribution is 0.0506. The summed E-state index contributed by atoms with van der Waals surface area (Å²) in [6.45, 7) is 3.32. The van der Waals surface area contributed by atoms with Crippen molar-refractivity contribution in [3.63, 3.8) is 0 Å². The number of sulfonamides is 1. The fourth-order valence-electron chi connectivity index (χ4n) is 3.55. The fraction of sp³-hybridized carbons (Fsp3) is 0.550. The van der Waals surface area contributed by atoms with Crippen molar-refractivity contribution >= 4 is 10.0 Å². The zero-order valence-corrected chi connectivity index (χ0v) is 17.2. The number of aromatic nitrogens is 2. The summed E-state index contributed by atoms with van der Waals surface area (Å²) < 4.78 is 48.4. The Bertz CT molecular complexity index is 867. The summed E-state index contributed by atoms with van der Waals surface area (Å²) in [7, 11) is -1.96. The molecule has 2 atom stereocenters. The van der Waals surface area contributed by atoms with Crippen LogP contribution in [0.15, 0.2) is 41.8 Å². The Morgan fingerprint density at radius 1 is 1.18 bits per heavy atom. The van der Waals surface area contributed by atoms with E-state index in [-0.39, 0.29) is 29.4 Å². The van der Waals surface area contributed by atoms with Crippen LogP contribution in [-0.2, 0) is 21.8 Å². The van der Waals surface area contributed by atoms with E-state index in [1.165, 1.54) is 29.0 Å². The third-order valence-corrected chi connectivity index (χ3v) is 6.86. The molecule has 0 radical (unpaired) electrons. The topological polar surface area (TPSA) is 64.4 Å². The Kier molecular flexibility index (Phi) is 6.85. The third-order valence-electron chi connectivity index (χ3n) is 5.15. The van der Waals surface area contributed by atoms with Gasteiger partial charge in [-0.2, -0.15) is 4.31 Å². The van der Waals surface area contributed by atoms with E-state index in [9.17, 15) is 12.8 Å². The Morgan fingerprint density at radius 2 is 1.93 bits per heavy atom. The number of unbranched alkanes of at least 4 members (excludes halogenated alkanes) is 3. The van der Waals surface area contributed by atoms with Crippen LogP contribution in [0.4, 0.5) is 4.39 Å². The summed E-state index contributed by atoms with van der Waals surface area (Å²) in [6.07, 6.45) is 7.08. The first-order valence-electron chi connectivity index (χ1n) is 9.77.